The van der Waals surface area contributed by atoms with Gasteiger partial charge in [-0.05, 0) is 58.1 Å². The fourth-order valence-corrected chi connectivity index (χ4v) is 4.61. The van der Waals surface area contributed by atoms with Crippen molar-refractivity contribution in [3.63, 3.8) is 0 Å². The third kappa shape index (κ3) is 7.41. The lowest BCUT2D eigenvalue weighted by Gasteiger charge is -2.16. The molecule has 0 bridgehead atoms. The van der Waals surface area contributed by atoms with E-state index in [-0.39, 0.29) is 37.6 Å². The first-order chi connectivity index (χ1) is 17.3. The molecule has 0 radical (unpaired) electrons. The van der Waals surface area contributed by atoms with Gasteiger partial charge in [-0.15, -0.1) is 11.3 Å². The molecule has 0 saturated carbocycles. The molecule has 0 fully saturated rings. The number of H-pyrrole nitrogens is 2. The van der Waals surface area contributed by atoms with Crippen molar-refractivity contribution >= 4 is 46.2 Å². The van der Waals surface area contributed by atoms with Crippen molar-refractivity contribution in [2.24, 2.45) is 0 Å². The van der Waals surface area contributed by atoms with E-state index in [0.29, 0.717) is 16.6 Å². The molecular weight excluding hydrogens is 486 g/mol. The SMILES string of the molecule is CCOC(=O)CC[C@H](NC(=O)c1csc(CCCCc2cc3c(=O)[nH]c(N)nc3[nH]2)c1)C(=O)OCC. The molecule has 0 aliphatic heterocycles. The van der Waals surface area contributed by atoms with Crippen LogP contribution in [0.25, 0.3) is 11.0 Å². The number of thiophene rings is 1. The standard InChI is InChI=1S/C24H31N5O6S/c1-3-34-19(30)10-9-18(23(33)35-4-2)27-21(31)14-11-16(36-13-14)8-6-5-7-15-12-17-20(26-15)28-24(25)29-22(17)32/h11-13,18H,3-10H2,1-2H3,(H,27,31)(H4,25,26,28,29,32)/t18-/m0/s1. The number of aryl methyl sites for hydroxylation is 2. The van der Waals surface area contributed by atoms with Crippen LogP contribution in [0.3, 0.4) is 0 Å². The molecule has 0 aliphatic rings. The number of hydrogen-bond acceptors (Lipinski definition) is 9. The average molecular weight is 518 g/mol. The summed E-state index contributed by atoms with van der Waals surface area (Å²) in [5, 5.41) is 4.91. The zero-order chi connectivity index (χ0) is 26.1. The summed E-state index contributed by atoms with van der Waals surface area (Å²) >= 11 is 1.47. The molecule has 3 aromatic rings. The molecule has 36 heavy (non-hydrogen) atoms. The van der Waals surface area contributed by atoms with Crippen molar-refractivity contribution in [1.82, 2.24) is 20.3 Å². The minimum Gasteiger partial charge on any atom is -0.466 e. The summed E-state index contributed by atoms with van der Waals surface area (Å²) in [5.41, 5.74) is 7.16. The van der Waals surface area contributed by atoms with Crippen LogP contribution < -0.4 is 16.6 Å². The zero-order valence-electron chi connectivity index (χ0n) is 20.3. The highest BCUT2D eigenvalue weighted by Crippen LogP contribution is 2.19. The first kappa shape index (κ1) is 26.9. The number of esters is 2. The Morgan fingerprint density at radius 2 is 1.86 bits per heavy atom. The van der Waals surface area contributed by atoms with Crippen LogP contribution >= 0.6 is 11.3 Å². The molecule has 0 unspecified atom stereocenters. The second-order valence-corrected chi connectivity index (χ2v) is 9.13. The molecule has 11 nitrogen and oxygen atoms in total. The van der Waals surface area contributed by atoms with Crippen LogP contribution in [0.4, 0.5) is 5.95 Å². The van der Waals surface area contributed by atoms with Crippen molar-refractivity contribution in [2.45, 2.75) is 58.4 Å². The number of nitrogen functional groups attached to an aromatic ring is 1. The third-order valence-electron chi connectivity index (χ3n) is 5.43. The molecule has 1 amide bonds. The number of ether oxygens (including phenoxy) is 2. The van der Waals surface area contributed by atoms with Crippen LogP contribution in [0.5, 0.6) is 0 Å². The quantitative estimate of drug-likeness (QED) is 0.198. The van der Waals surface area contributed by atoms with E-state index in [1.807, 2.05) is 6.07 Å². The van der Waals surface area contributed by atoms with Gasteiger partial charge in [-0.2, -0.15) is 4.98 Å². The van der Waals surface area contributed by atoms with E-state index in [9.17, 15) is 19.2 Å². The van der Waals surface area contributed by atoms with Gasteiger partial charge >= 0.3 is 11.9 Å². The lowest BCUT2D eigenvalue weighted by atomic mass is 10.1. The first-order valence-electron chi connectivity index (χ1n) is 11.9. The molecular formula is C24H31N5O6S. The molecule has 0 aromatic carbocycles. The van der Waals surface area contributed by atoms with Gasteiger partial charge in [0.15, 0.2) is 0 Å². The molecule has 0 aliphatic carbocycles. The second kappa shape index (κ2) is 12.9. The Morgan fingerprint density at radius 1 is 1.11 bits per heavy atom. The van der Waals surface area contributed by atoms with E-state index in [1.54, 1.807) is 25.3 Å². The minimum atomic E-state index is -0.932. The number of carbonyl (C=O) groups is 3. The molecule has 0 spiro atoms. The third-order valence-corrected chi connectivity index (χ3v) is 6.42. The fraction of sp³-hybridized carbons (Fsp3) is 0.458. The van der Waals surface area contributed by atoms with Gasteiger partial charge in [-0.1, -0.05) is 0 Å². The van der Waals surface area contributed by atoms with Gasteiger partial charge < -0.3 is 25.5 Å². The van der Waals surface area contributed by atoms with Crippen LogP contribution in [-0.4, -0.2) is 52.1 Å². The summed E-state index contributed by atoms with van der Waals surface area (Å²) in [6, 6.07) is 2.66. The molecule has 5 N–H and O–H groups in total. The van der Waals surface area contributed by atoms with E-state index >= 15 is 0 Å². The average Bonchev–Trinajstić information content (AvgIpc) is 3.47. The second-order valence-electron chi connectivity index (χ2n) is 8.14. The van der Waals surface area contributed by atoms with Gasteiger partial charge in [0.1, 0.15) is 11.7 Å². The molecule has 194 valence electrons. The topological polar surface area (TPSA) is 169 Å². The summed E-state index contributed by atoms with van der Waals surface area (Å²) in [7, 11) is 0. The van der Waals surface area contributed by atoms with Gasteiger partial charge in [0.2, 0.25) is 5.95 Å². The van der Waals surface area contributed by atoms with Crippen LogP contribution in [-0.2, 0) is 31.9 Å². The number of carbonyl (C=O) groups excluding carboxylic acids is 3. The molecule has 3 heterocycles. The highest BCUT2D eigenvalue weighted by atomic mass is 32.1. The highest BCUT2D eigenvalue weighted by Gasteiger charge is 2.24. The molecule has 1 atom stereocenters. The number of anilines is 1. The minimum absolute atomic E-state index is 0.000688. The number of nitrogens with one attached hydrogen (secondary N) is 3. The number of nitrogens with zero attached hydrogens (tertiary/aromatic N) is 1. The van der Waals surface area contributed by atoms with Gasteiger partial charge in [0.25, 0.3) is 11.5 Å². The summed E-state index contributed by atoms with van der Waals surface area (Å²) < 4.78 is 9.93. The number of hydrogen-bond donors (Lipinski definition) is 4. The summed E-state index contributed by atoms with van der Waals surface area (Å²) in [4.78, 5) is 59.3. The van der Waals surface area contributed by atoms with E-state index in [1.165, 1.54) is 11.3 Å². The lowest BCUT2D eigenvalue weighted by Crippen LogP contribution is -2.42. The maximum Gasteiger partial charge on any atom is 0.328 e. The predicted molar refractivity (Wildman–Crippen MR) is 136 cm³/mol. The van der Waals surface area contributed by atoms with Crippen molar-refractivity contribution < 1.29 is 23.9 Å². The Morgan fingerprint density at radius 3 is 2.61 bits per heavy atom. The number of aromatic nitrogens is 3. The van der Waals surface area contributed by atoms with E-state index < -0.39 is 23.9 Å². The summed E-state index contributed by atoms with van der Waals surface area (Å²) in [6.45, 7) is 3.81. The summed E-state index contributed by atoms with van der Waals surface area (Å²) in [5.74, 6) is -1.33. The molecule has 0 saturated heterocycles. The normalized spacial score (nSPS) is 11.8. The monoisotopic (exact) mass is 517 g/mol. The van der Waals surface area contributed by atoms with Crippen LogP contribution in [0, 0.1) is 0 Å². The molecule has 3 aromatic heterocycles. The maximum absolute atomic E-state index is 12.7. The Labute approximate surface area is 211 Å². The van der Waals surface area contributed by atoms with E-state index in [2.05, 4.69) is 20.3 Å². The van der Waals surface area contributed by atoms with Crippen molar-refractivity contribution in [3.05, 3.63) is 44.0 Å². The Kier molecular flexibility index (Phi) is 9.62. The van der Waals surface area contributed by atoms with Gasteiger partial charge in [-0.25, -0.2) is 4.79 Å². The molecule has 3 rings (SSSR count). The Balaban J connectivity index is 1.50. The van der Waals surface area contributed by atoms with Gasteiger partial charge in [-0.3, -0.25) is 19.4 Å². The maximum atomic E-state index is 12.7. The fourth-order valence-electron chi connectivity index (χ4n) is 3.70. The largest absolute Gasteiger partial charge is 0.466 e. The van der Waals surface area contributed by atoms with Gasteiger partial charge in [0, 0.05) is 22.4 Å². The van der Waals surface area contributed by atoms with Crippen LogP contribution in [0.1, 0.15) is 60.5 Å². The van der Waals surface area contributed by atoms with Crippen molar-refractivity contribution in [2.75, 3.05) is 18.9 Å². The van der Waals surface area contributed by atoms with E-state index in [4.69, 9.17) is 15.2 Å². The molecule has 12 heteroatoms. The Hall–Kier alpha value is -3.67. The van der Waals surface area contributed by atoms with Crippen LogP contribution in [0.2, 0.25) is 0 Å². The number of aromatic amines is 2. The first-order valence-corrected chi connectivity index (χ1v) is 12.8. The number of rotatable bonds is 13. The number of fused-ring (bicyclic) bond motifs is 1. The number of amides is 1. The summed E-state index contributed by atoms with van der Waals surface area (Å²) in [6.07, 6.45) is 3.39. The smallest absolute Gasteiger partial charge is 0.328 e. The lowest BCUT2D eigenvalue weighted by molar-refractivity contribution is -0.146. The number of unbranched alkanes of at least 4 members (excludes halogenated alkanes) is 1. The van der Waals surface area contributed by atoms with Crippen LogP contribution in [0.15, 0.2) is 22.3 Å². The van der Waals surface area contributed by atoms with Gasteiger partial charge in [0.05, 0.1) is 24.2 Å². The highest BCUT2D eigenvalue weighted by molar-refractivity contribution is 7.10. The van der Waals surface area contributed by atoms with E-state index in [0.717, 1.165) is 36.3 Å². The van der Waals surface area contributed by atoms with Crippen molar-refractivity contribution in [3.8, 4) is 0 Å². The Bertz CT molecular complexity index is 1260. The predicted octanol–water partition coefficient (Wildman–Crippen LogP) is 2.47. The number of nitrogens with two attached hydrogens (primary N) is 1. The zero-order valence-corrected chi connectivity index (χ0v) is 21.2. The van der Waals surface area contributed by atoms with Crippen molar-refractivity contribution in [1.29, 1.82) is 0 Å².